The van der Waals surface area contributed by atoms with Crippen molar-refractivity contribution in [2.75, 3.05) is 26.7 Å². The molecule has 0 saturated carbocycles. The van der Waals surface area contributed by atoms with Crippen molar-refractivity contribution in [2.24, 2.45) is 0 Å². The van der Waals surface area contributed by atoms with Crippen LogP contribution in [-0.2, 0) is 4.79 Å². The van der Waals surface area contributed by atoms with E-state index >= 15 is 0 Å². The Morgan fingerprint density at radius 1 is 1.38 bits per heavy atom. The standard InChI is InChI=1S/C12H26N2O2/c1-5-7-8-9-14(4)10-12(3,11(15)16)13-6-2/h13H,5-10H2,1-4H3,(H,15,16). The predicted molar refractivity (Wildman–Crippen MR) is 66.7 cm³/mol. The normalized spacial score (nSPS) is 15.1. The maximum absolute atomic E-state index is 11.2. The lowest BCUT2D eigenvalue weighted by atomic mass is 10.0. The van der Waals surface area contributed by atoms with Crippen molar-refractivity contribution in [3.8, 4) is 0 Å². The molecule has 0 aliphatic carbocycles. The van der Waals surface area contributed by atoms with Gasteiger partial charge in [0.2, 0.25) is 0 Å². The molecular formula is C12H26N2O2. The van der Waals surface area contributed by atoms with E-state index in [4.69, 9.17) is 0 Å². The fraction of sp³-hybridized carbons (Fsp3) is 0.917. The molecule has 0 aliphatic heterocycles. The zero-order valence-corrected chi connectivity index (χ0v) is 11.0. The molecule has 4 nitrogen and oxygen atoms in total. The SMILES string of the molecule is CCCCCN(C)CC(C)(NCC)C(=O)O. The first kappa shape index (κ1) is 15.4. The number of carboxylic acids is 1. The van der Waals surface area contributed by atoms with E-state index in [0.29, 0.717) is 13.1 Å². The molecule has 0 spiro atoms. The van der Waals surface area contributed by atoms with Crippen LogP contribution in [0, 0.1) is 0 Å². The van der Waals surface area contributed by atoms with E-state index in [2.05, 4.69) is 17.1 Å². The highest BCUT2D eigenvalue weighted by molar-refractivity contribution is 5.78. The summed E-state index contributed by atoms with van der Waals surface area (Å²) in [6.45, 7) is 8.01. The van der Waals surface area contributed by atoms with Crippen LogP contribution >= 0.6 is 0 Å². The topological polar surface area (TPSA) is 52.6 Å². The number of aliphatic carboxylic acids is 1. The number of rotatable bonds is 9. The lowest BCUT2D eigenvalue weighted by Crippen LogP contribution is -2.56. The molecule has 0 aliphatic rings. The summed E-state index contributed by atoms with van der Waals surface area (Å²) in [7, 11) is 1.98. The largest absolute Gasteiger partial charge is 0.480 e. The Balaban J connectivity index is 4.13. The Bertz CT molecular complexity index is 209. The van der Waals surface area contributed by atoms with Crippen LogP contribution in [0.25, 0.3) is 0 Å². The van der Waals surface area contributed by atoms with Gasteiger partial charge in [0.1, 0.15) is 5.54 Å². The van der Waals surface area contributed by atoms with Crippen LogP contribution in [0.5, 0.6) is 0 Å². The first-order chi connectivity index (χ1) is 7.46. The van der Waals surface area contributed by atoms with Crippen molar-refractivity contribution in [2.45, 2.75) is 45.6 Å². The Kier molecular flexibility index (Phi) is 7.34. The second-order valence-electron chi connectivity index (χ2n) is 4.61. The number of hydrogen-bond acceptors (Lipinski definition) is 3. The minimum atomic E-state index is -0.838. The third-order valence-electron chi connectivity index (χ3n) is 2.77. The molecule has 0 heterocycles. The number of carbonyl (C=O) groups is 1. The van der Waals surface area contributed by atoms with E-state index < -0.39 is 11.5 Å². The lowest BCUT2D eigenvalue weighted by molar-refractivity contribution is -0.144. The van der Waals surface area contributed by atoms with Gasteiger partial charge in [-0.3, -0.25) is 4.79 Å². The van der Waals surface area contributed by atoms with Crippen LogP contribution in [0.15, 0.2) is 0 Å². The second-order valence-corrected chi connectivity index (χ2v) is 4.61. The molecule has 4 heteroatoms. The number of nitrogens with one attached hydrogen (secondary N) is 1. The first-order valence-corrected chi connectivity index (χ1v) is 6.13. The van der Waals surface area contributed by atoms with Crippen LogP contribution in [0.4, 0.5) is 0 Å². The van der Waals surface area contributed by atoms with Crippen molar-refractivity contribution in [1.29, 1.82) is 0 Å². The van der Waals surface area contributed by atoms with E-state index in [1.54, 1.807) is 6.92 Å². The van der Waals surface area contributed by atoms with Crippen LogP contribution in [0.1, 0.15) is 40.0 Å². The maximum Gasteiger partial charge on any atom is 0.324 e. The van der Waals surface area contributed by atoms with Gasteiger partial charge in [-0.05, 0) is 33.5 Å². The number of nitrogens with zero attached hydrogens (tertiary/aromatic N) is 1. The van der Waals surface area contributed by atoms with Gasteiger partial charge in [-0.15, -0.1) is 0 Å². The van der Waals surface area contributed by atoms with Crippen molar-refractivity contribution < 1.29 is 9.90 Å². The number of hydrogen-bond donors (Lipinski definition) is 2. The van der Waals surface area contributed by atoms with Crippen LogP contribution in [-0.4, -0.2) is 48.2 Å². The predicted octanol–water partition coefficient (Wildman–Crippen LogP) is 1.56. The van der Waals surface area contributed by atoms with Crippen LogP contribution in [0.3, 0.4) is 0 Å². The monoisotopic (exact) mass is 230 g/mol. The van der Waals surface area contributed by atoms with Gasteiger partial charge in [-0.25, -0.2) is 0 Å². The average molecular weight is 230 g/mol. The molecule has 96 valence electrons. The summed E-state index contributed by atoms with van der Waals surface area (Å²) in [6, 6.07) is 0. The molecule has 0 bridgehead atoms. The minimum absolute atomic E-state index is 0.542. The van der Waals surface area contributed by atoms with Gasteiger partial charge in [0, 0.05) is 6.54 Å². The zero-order chi connectivity index (χ0) is 12.6. The molecule has 1 atom stereocenters. The van der Waals surface area contributed by atoms with Crippen molar-refractivity contribution in [3.05, 3.63) is 0 Å². The molecule has 0 aromatic rings. The number of carboxylic acid groups (broad SMARTS) is 1. The summed E-state index contributed by atoms with van der Waals surface area (Å²) in [5.41, 5.74) is -0.838. The first-order valence-electron chi connectivity index (χ1n) is 6.13. The molecule has 0 fully saturated rings. The Labute approximate surface area is 99.0 Å². The molecular weight excluding hydrogens is 204 g/mol. The average Bonchev–Trinajstić information content (AvgIpc) is 2.18. The summed E-state index contributed by atoms with van der Waals surface area (Å²) < 4.78 is 0. The van der Waals surface area contributed by atoms with E-state index in [1.165, 1.54) is 12.8 Å². The van der Waals surface area contributed by atoms with Crippen LogP contribution < -0.4 is 5.32 Å². The molecule has 0 radical (unpaired) electrons. The van der Waals surface area contributed by atoms with Gasteiger partial charge in [-0.1, -0.05) is 26.7 Å². The molecule has 0 rings (SSSR count). The second kappa shape index (κ2) is 7.63. The van der Waals surface area contributed by atoms with Gasteiger partial charge in [0.05, 0.1) is 0 Å². The molecule has 0 aromatic heterocycles. The third kappa shape index (κ3) is 5.47. The summed E-state index contributed by atoms with van der Waals surface area (Å²) in [6.07, 6.45) is 3.53. The lowest BCUT2D eigenvalue weighted by Gasteiger charge is -2.30. The molecule has 2 N–H and O–H groups in total. The van der Waals surface area contributed by atoms with E-state index in [1.807, 2.05) is 14.0 Å². The minimum Gasteiger partial charge on any atom is -0.480 e. The highest BCUT2D eigenvalue weighted by atomic mass is 16.4. The molecule has 1 unspecified atom stereocenters. The Morgan fingerprint density at radius 2 is 2.00 bits per heavy atom. The molecule has 0 amide bonds. The van der Waals surface area contributed by atoms with Crippen molar-refractivity contribution in [3.63, 3.8) is 0 Å². The van der Waals surface area contributed by atoms with Crippen LogP contribution in [0.2, 0.25) is 0 Å². The molecule has 0 saturated heterocycles. The van der Waals surface area contributed by atoms with E-state index in [9.17, 15) is 9.90 Å². The highest BCUT2D eigenvalue weighted by Gasteiger charge is 2.32. The van der Waals surface area contributed by atoms with Gasteiger partial charge in [0.15, 0.2) is 0 Å². The van der Waals surface area contributed by atoms with Gasteiger partial charge >= 0.3 is 5.97 Å². The number of likely N-dealkylation sites (N-methyl/N-ethyl adjacent to an activating group) is 2. The highest BCUT2D eigenvalue weighted by Crippen LogP contribution is 2.07. The summed E-state index contributed by atoms with van der Waals surface area (Å²) in [5, 5.41) is 12.2. The van der Waals surface area contributed by atoms with Gasteiger partial charge in [-0.2, -0.15) is 0 Å². The van der Waals surface area contributed by atoms with E-state index in [-0.39, 0.29) is 0 Å². The molecule has 0 aromatic carbocycles. The molecule has 16 heavy (non-hydrogen) atoms. The van der Waals surface area contributed by atoms with Gasteiger partial charge in [0.25, 0.3) is 0 Å². The third-order valence-corrected chi connectivity index (χ3v) is 2.77. The number of unbranched alkanes of at least 4 members (excludes halogenated alkanes) is 2. The van der Waals surface area contributed by atoms with Gasteiger partial charge < -0.3 is 15.3 Å². The van der Waals surface area contributed by atoms with E-state index in [0.717, 1.165) is 13.0 Å². The Hall–Kier alpha value is -0.610. The maximum atomic E-state index is 11.2. The quantitative estimate of drug-likeness (QED) is 0.590. The smallest absolute Gasteiger partial charge is 0.324 e. The fourth-order valence-electron chi connectivity index (χ4n) is 1.84. The van der Waals surface area contributed by atoms with Crippen molar-refractivity contribution >= 4 is 5.97 Å². The fourth-order valence-corrected chi connectivity index (χ4v) is 1.84. The summed E-state index contributed by atoms with van der Waals surface area (Å²) in [4.78, 5) is 13.3. The summed E-state index contributed by atoms with van der Waals surface area (Å²) in [5.74, 6) is -0.781. The Morgan fingerprint density at radius 3 is 2.44 bits per heavy atom. The zero-order valence-electron chi connectivity index (χ0n) is 11.0. The van der Waals surface area contributed by atoms with Crippen molar-refractivity contribution in [1.82, 2.24) is 10.2 Å². The summed E-state index contributed by atoms with van der Waals surface area (Å²) >= 11 is 0.